The Morgan fingerprint density at radius 3 is 2.78 bits per heavy atom. The van der Waals surface area contributed by atoms with Gasteiger partial charge in [0.15, 0.2) is 5.96 Å². The molecular formula is C16H22BrN5O. The molecule has 1 aromatic heterocycles. The van der Waals surface area contributed by atoms with Crippen LogP contribution < -0.4 is 15.4 Å². The summed E-state index contributed by atoms with van der Waals surface area (Å²) in [4.78, 5) is 4.61. The molecule has 0 saturated carbocycles. The van der Waals surface area contributed by atoms with E-state index in [1.54, 1.807) is 13.3 Å². The van der Waals surface area contributed by atoms with Gasteiger partial charge in [0.25, 0.3) is 0 Å². The Kier molecular flexibility index (Phi) is 6.46. The van der Waals surface area contributed by atoms with Gasteiger partial charge in [-0.15, -0.1) is 0 Å². The van der Waals surface area contributed by atoms with Crippen molar-refractivity contribution < 1.29 is 4.74 Å². The monoisotopic (exact) mass is 379 g/mol. The van der Waals surface area contributed by atoms with Crippen molar-refractivity contribution in [2.75, 3.05) is 13.7 Å². The highest BCUT2D eigenvalue weighted by molar-refractivity contribution is 9.10. The largest absolute Gasteiger partial charge is 0.496 e. The lowest BCUT2D eigenvalue weighted by Crippen LogP contribution is -2.37. The van der Waals surface area contributed by atoms with Crippen molar-refractivity contribution in [3.05, 3.63) is 46.2 Å². The van der Waals surface area contributed by atoms with Crippen LogP contribution in [0.5, 0.6) is 5.75 Å². The first-order chi connectivity index (χ1) is 11.1. The Hall–Kier alpha value is -2.02. The van der Waals surface area contributed by atoms with E-state index in [1.165, 1.54) is 0 Å². The molecule has 2 aromatic rings. The van der Waals surface area contributed by atoms with Crippen LogP contribution in [-0.2, 0) is 20.1 Å². The van der Waals surface area contributed by atoms with E-state index < -0.39 is 0 Å². The molecule has 0 saturated heterocycles. The molecule has 1 aromatic carbocycles. The number of methoxy groups -OCH3 is 1. The predicted octanol–water partition coefficient (Wildman–Crippen LogP) is 2.45. The van der Waals surface area contributed by atoms with Gasteiger partial charge in [0, 0.05) is 19.8 Å². The van der Waals surface area contributed by atoms with Crippen LogP contribution in [0.15, 0.2) is 39.9 Å². The van der Waals surface area contributed by atoms with Crippen LogP contribution in [0.4, 0.5) is 0 Å². The lowest BCUT2D eigenvalue weighted by molar-refractivity contribution is 0.412. The third-order valence-corrected chi connectivity index (χ3v) is 3.96. The minimum atomic E-state index is 0.587. The number of hydrogen-bond acceptors (Lipinski definition) is 3. The average Bonchev–Trinajstić information content (AvgIpc) is 2.95. The number of aryl methyl sites for hydroxylation is 1. The van der Waals surface area contributed by atoms with Gasteiger partial charge in [0.1, 0.15) is 5.75 Å². The summed E-state index contributed by atoms with van der Waals surface area (Å²) in [6, 6.07) is 7.95. The molecule has 0 radical (unpaired) electrons. The van der Waals surface area contributed by atoms with Crippen molar-refractivity contribution in [1.82, 2.24) is 20.4 Å². The van der Waals surface area contributed by atoms with Gasteiger partial charge >= 0.3 is 0 Å². The second kappa shape index (κ2) is 8.57. The zero-order chi connectivity index (χ0) is 16.7. The lowest BCUT2D eigenvalue weighted by atomic mass is 10.2. The van der Waals surface area contributed by atoms with Gasteiger partial charge < -0.3 is 15.4 Å². The van der Waals surface area contributed by atoms with Gasteiger partial charge in [-0.3, -0.25) is 4.68 Å². The highest BCUT2D eigenvalue weighted by Crippen LogP contribution is 2.25. The highest BCUT2D eigenvalue weighted by atomic mass is 79.9. The summed E-state index contributed by atoms with van der Waals surface area (Å²) in [5.74, 6) is 1.60. The molecule has 7 heteroatoms. The summed E-state index contributed by atoms with van der Waals surface area (Å²) in [6.07, 6.45) is 1.79. The van der Waals surface area contributed by atoms with Crippen molar-refractivity contribution in [2.45, 2.75) is 20.0 Å². The van der Waals surface area contributed by atoms with Gasteiger partial charge in [-0.2, -0.15) is 5.10 Å². The number of hydrogen-bond donors (Lipinski definition) is 2. The van der Waals surface area contributed by atoms with Crippen LogP contribution in [0.2, 0.25) is 0 Å². The van der Waals surface area contributed by atoms with E-state index in [0.717, 1.165) is 34.0 Å². The average molecular weight is 380 g/mol. The van der Waals surface area contributed by atoms with Crippen LogP contribution >= 0.6 is 15.9 Å². The fraction of sp³-hybridized carbons (Fsp3) is 0.375. The Bertz CT molecular complexity index is 668. The Balaban J connectivity index is 2.00. The van der Waals surface area contributed by atoms with E-state index in [1.807, 2.05) is 42.9 Å². The van der Waals surface area contributed by atoms with Gasteiger partial charge in [-0.25, -0.2) is 4.99 Å². The number of aliphatic imine (C=N–C) groups is 1. The minimum absolute atomic E-state index is 0.587. The van der Waals surface area contributed by atoms with Crippen LogP contribution in [-0.4, -0.2) is 29.4 Å². The Labute approximate surface area is 145 Å². The van der Waals surface area contributed by atoms with Gasteiger partial charge in [0.05, 0.1) is 30.4 Å². The van der Waals surface area contributed by atoms with E-state index in [9.17, 15) is 0 Å². The Morgan fingerprint density at radius 1 is 1.35 bits per heavy atom. The Morgan fingerprint density at radius 2 is 2.17 bits per heavy atom. The number of benzene rings is 1. The molecule has 0 spiro atoms. The number of nitrogens with zero attached hydrogens (tertiary/aromatic N) is 3. The summed E-state index contributed by atoms with van der Waals surface area (Å²) < 4.78 is 8.02. The first kappa shape index (κ1) is 17.3. The molecule has 6 nitrogen and oxygen atoms in total. The molecule has 0 aliphatic heterocycles. The zero-order valence-electron chi connectivity index (χ0n) is 13.6. The summed E-state index contributed by atoms with van der Waals surface area (Å²) >= 11 is 3.50. The number of ether oxygens (including phenoxy) is 1. The van der Waals surface area contributed by atoms with Crippen LogP contribution in [0, 0.1) is 0 Å². The lowest BCUT2D eigenvalue weighted by Gasteiger charge is -2.11. The van der Waals surface area contributed by atoms with E-state index in [4.69, 9.17) is 4.74 Å². The van der Waals surface area contributed by atoms with Crippen molar-refractivity contribution >= 4 is 21.9 Å². The molecule has 23 heavy (non-hydrogen) atoms. The van der Waals surface area contributed by atoms with E-state index in [2.05, 4.69) is 36.7 Å². The first-order valence-corrected chi connectivity index (χ1v) is 8.24. The third-order valence-electron chi connectivity index (χ3n) is 3.34. The standard InChI is InChI=1S/C16H22BrN5O/c1-4-18-16(20-11-13-7-8-21-22(13)2)19-10-12-5-6-15(23-3)14(17)9-12/h5-9H,4,10-11H2,1-3H3,(H2,18,19,20). The fourth-order valence-corrected chi connectivity index (χ4v) is 2.66. The number of aromatic nitrogens is 2. The molecule has 0 bridgehead atoms. The van der Waals surface area contributed by atoms with Crippen molar-refractivity contribution in [3.63, 3.8) is 0 Å². The maximum atomic E-state index is 5.24. The molecule has 0 atom stereocenters. The van der Waals surface area contributed by atoms with Crippen LogP contribution in [0.25, 0.3) is 0 Å². The van der Waals surface area contributed by atoms with E-state index in [-0.39, 0.29) is 0 Å². The van der Waals surface area contributed by atoms with Gasteiger partial charge in [0.2, 0.25) is 0 Å². The number of halogens is 1. The molecule has 0 unspecified atom stereocenters. The van der Waals surface area contributed by atoms with E-state index >= 15 is 0 Å². The fourth-order valence-electron chi connectivity index (χ4n) is 2.07. The predicted molar refractivity (Wildman–Crippen MR) is 95.6 cm³/mol. The maximum absolute atomic E-state index is 5.24. The maximum Gasteiger partial charge on any atom is 0.191 e. The molecule has 2 rings (SSSR count). The summed E-state index contributed by atoms with van der Waals surface area (Å²) in [6.45, 7) is 4.12. The molecule has 124 valence electrons. The van der Waals surface area contributed by atoms with Gasteiger partial charge in [-0.1, -0.05) is 6.07 Å². The van der Waals surface area contributed by atoms with Crippen LogP contribution in [0.3, 0.4) is 0 Å². The second-order valence-corrected chi connectivity index (χ2v) is 5.82. The van der Waals surface area contributed by atoms with E-state index in [0.29, 0.717) is 13.1 Å². The summed E-state index contributed by atoms with van der Waals surface area (Å²) in [5, 5.41) is 10.7. The molecule has 1 heterocycles. The molecule has 0 aliphatic rings. The zero-order valence-corrected chi connectivity index (χ0v) is 15.2. The quantitative estimate of drug-likeness (QED) is 0.597. The van der Waals surface area contributed by atoms with Crippen molar-refractivity contribution in [3.8, 4) is 5.75 Å². The molecule has 0 amide bonds. The summed E-state index contributed by atoms with van der Waals surface area (Å²) in [7, 11) is 3.58. The normalized spacial score (nSPS) is 11.4. The molecular weight excluding hydrogens is 358 g/mol. The SMILES string of the molecule is CCNC(=NCc1ccc(OC)c(Br)c1)NCc1ccnn1C. The molecule has 0 fully saturated rings. The number of guanidine groups is 1. The highest BCUT2D eigenvalue weighted by Gasteiger charge is 2.03. The molecule has 2 N–H and O–H groups in total. The smallest absolute Gasteiger partial charge is 0.191 e. The second-order valence-electron chi connectivity index (χ2n) is 4.96. The minimum Gasteiger partial charge on any atom is -0.496 e. The van der Waals surface area contributed by atoms with Crippen LogP contribution in [0.1, 0.15) is 18.2 Å². The van der Waals surface area contributed by atoms with Crippen molar-refractivity contribution in [1.29, 1.82) is 0 Å². The molecule has 0 aliphatic carbocycles. The van der Waals surface area contributed by atoms with Crippen molar-refractivity contribution in [2.24, 2.45) is 12.0 Å². The van der Waals surface area contributed by atoms with Gasteiger partial charge in [-0.05, 0) is 46.6 Å². The topological polar surface area (TPSA) is 63.5 Å². The summed E-state index contributed by atoms with van der Waals surface area (Å²) in [5.41, 5.74) is 2.21. The first-order valence-electron chi connectivity index (χ1n) is 7.45. The number of rotatable bonds is 6. The third kappa shape index (κ3) is 4.99. The number of nitrogens with one attached hydrogen (secondary N) is 2.